The van der Waals surface area contributed by atoms with Crippen molar-refractivity contribution in [2.24, 2.45) is 5.10 Å². The van der Waals surface area contributed by atoms with Crippen molar-refractivity contribution in [3.8, 4) is 0 Å². The molecule has 1 N–H and O–H groups in total. The number of nitro groups is 1. The molecule has 9 nitrogen and oxygen atoms in total. The summed E-state index contributed by atoms with van der Waals surface area (Å²) in [6, 6.07) is 7.81. The minimum Gasteiger partial charge on any atom is -0.271 e. The molecule has 2 aromatic rings. The zero-order chi connectivity index (χ0) is 21.8. The Bertz CT molecular complexity index is 1070. The molecule has 0 fully saturated rings. The highest BCUT2D eigenvalue weighted by Gasteiger charge is 2.21. The standard InChI is InChI=1S/C16H13Cl3N4O5S/c1-29(27,28)22(14-6-11(17)5-12(18)7-14)9-16(24)21-20-8-10-4-13(23(25)26)2-3-15(10)19/h2-8H,9H2,1H3,(H,21,24). The van der Waals surface area contributed by atoms with Crippen LogP contribution in [0.4, 0.5) is 11.4 Å². The molecule has 0 saturated carbocycles. The first-order valence-corrected chi connectivity index (χ1v) is 10.7. The van der Waals surface area contributed by atoms with Crippen molar-refractivity contribution in [2.45, 2.75) is 0 Å². The zero-order valence-corrected chi connectivity index (χ0v) is 17.8. The van der Waals surface area contributed by atoms with Gasteiger partial charge in [-0.1, -0.05) is 34.8 Å². The van der Waals surface area contributed by atoms with E-state index in [1.54, 1.807) is 0 Å². The van der Waals surface area contributed by atoms with Gasteiger partial charge in [-0.2, -0.15) is 5.10 Å². The lowest BCUT2D eigenvalue weighted by Gasteiger charge is -2.21. The van der Waals surface area contributed by atoms with Gasteiger partial charge in [0, 0.05) is 32.8 Å². The molecule has 0 aliphatic rings. The Morgan fingerprint density at radius 2 is 1.83 bits per heavy atom. The zero-order valence-electron chi connectivity index (χ0n) is 14.7. The van der Waals surface area contributed by atoms with Gasteiger partial charge >= 0.3 is 0 Å². The van der Waals surface area contributed by atoms with Crippen molar-refractivity contribution < 1.29 is 18.1 Å². The number of nitrogens with one attached hydrogen (secondary N) is 1. The average molecular weight is 480 g/mol. The fraction of sp³-hybridized carbons (Fsp3) is 0.125. The SMILES string of the molecule is CS(=O)(=O)N(CC(=O)NN=Cc1cc([N+](=O)[O-])ccc1Cl)c1cc(Cl)cc(Cl)c1. The summed E-state index contributed by atoms with van der Waals surface area (Å²) in [6.45, 7) is -0.602. The monoisotopic (exact) mass is 478 g/mol. The number of amides is 1. The number of sulfonamides is 1. The first-order chi connectivity index (χ1) is 13.5. The second-order valence-corrected chi connectivity index (χ2v) is 8.84. The second-order valence-electron chi connectivity index (χ2n) is 5.65. The van der Waals surface area contributed by atoms with E-state index >= 15 is 0 Å². The predicted octanol–water partition coefficient (Wildman–Crippen LogP) is 3.47. The van der Waals surface area contributed by atoms with Crippen LogP contribution >= 0.6 is 34.8 Å². The maximum absolute atomic E-state index is 12.2. The van der Waals surface area contributed by atoms with E-state index in [4.69, 9.17) is 34.8 Å². The van der Waals surface area contributed by atoms with Crippen LogP contribution in [0.15, 0.2) is 41.5 Å². The molecule has 0 aliphatic heterocycles. The Balaban J connectivity index is 2.16. The highest BCUT2D eigenvalue weighted by molar-refractivity contribution is 7.92. The smallest absolute Gasteiger partial charge is 0.270 e. The Kier molecular flexibility index (Phi) is 7.42. The first kappa shape index (κ1) is 22.9. The number of nitrogens with zero attached hydrogens (tertiary/aromatic N) is 3. The van der Waals surface area contributed by atoms with E-state index in [0.717, 1.165) is 16.8 Å². The molecule has 2 aromatic carbocycles. The fourth-order valence-electron chi connectivity index (χ4n) is 2.17. The van der Waals surface area contributed by atoms with Crippen molar-refractivity contribution in [3.05, 3.63) is 67.1 Å². The number of carbonyl (C=O) groups excluding carboxylic acids is 1. The lowest BCUT2D eigenvalue weighted by Crippen LogP contribution is -2.39. The number of hydrazone groups is 1. The largest absolute Gasteiger partial charge is 0.271 e. The summed E-state index contributed by atoms with van der Waals surface area (Å²) in [5.74, 6) is -0.774. The van der Waals surface area contributed by atoms with E-state index in [9.17, 15) is 23.3 Å². The summed E-state index contributed by atoms with van der Waals surface area (Å²) >= 11 is 17.7. The molecule has 0 radical (unpaired) electrons. The fourth-order valence-corrected chi connectivity index (χ4v) is 3.69. The minimum absolute atomic E-state index is 0.103. The van der Waals surface area contributed by atoms with Crippen LogP contribution in [0, 0.1) is 10.1 Å². The second kappa shape index (κ2) is 9.40. The molecule has 1 amide bonds. The van der Waals surface area contributed by atoms with Gasteiger partial charge in [0.15, 0.2) is 0 Å². The number of rotatable bonds is 7. The number of halogens is 3. The highest BCUT2D eigenvalue weighted by atomic mass is 35.5. The third kappa shape index (κ3) is 6.57. The third-order valence-corrected chi connectivity index (χ3v) is 5.33. The van der Waals surface area contributed by atoms with Crippen LogP contribution in [0.1, 0.15) is 5.56 Å². The molecular weight excluding hydrogens is 467 g/mol. The molecule has 0 aromatic heterocycles. The summed E-state index contributed by atoms with van der Waals surface area (Å²) in [4.78, 5) is 22.4. The Morgan fingerprint density at radius 3 is 2.38 bits per heavy atom. The molecule has 2 rings (SSSR count). The van der Waals surface area contributed by atoms with E-state index in [1.165, 1.54) is 36.4 Å². The van der Waals surface area contributed by atoms with Crippen LogP contribution in [0.25, 0.3) is 0 Å². The lowest BCUT2D eigenvalue weighted by atomic mass is 10.2. The number of carbonyl (C=O) groups is 1. The van der Waals surface area contributed by atoms with Crippen LogP contribution in [-0.4, -0.2) is 38.3 Å². The molecule has 0 aliphatic carbocycles. The molecule has 29 heavy (non-hydrogen) atoms. The van der Waals surface area contributed by atoms with Crippen molar-refractivity contribution >= 4 is 68.3 Å². The molecular formula is C16H13Cl3N4O5S. The first-order valence-electron chi connectivity index (χ1n) is 7.67. The van der Waals surface area contributed by atoms with Gasteiger partial charge in [-0.15, -0.1) is 0 Å². The molecule has 0 unspecified atom stereocenters. The van der Waals surface area contributed by atoms with Crippen LogP contribution in [0.5, 0.6) is 0 Å². The van der Waals surface area contributed by atoms with Crippen LogP contribution in [0.3, 0.4) is 0 Å². The molecule has 0 atom stereocenters. The van der Waals surface area contributed by atoms with Crippen molar-refractivity contribution in [3.63, 3.8) is 0 Å². The molecule has 0 heterocycles. The Hall–Kier alpha value is -2.40. The van der Waals surface area contributed by atoms with Gasteiger partial charge < -0.3 is 0 Å². The summed E-state index contributed by atoms with van der Waals surface area (Å²) in [6.07, 6.45) is 2.02. The van der Waals surface area contributed by atoms with Gasteiger partial charge in [-0.25, -0.2) is 13.8 Å². The van der Waals surface area contributed by atoms with Crippen LogP contribution in [-0.2, 0) is 14.8 Å². The van der Waals surface area contributed by atoms with Gasteiger partial charge in [0.05, 0.1) is 23.1 Å². The van der Waals surface area contributed by atoms with Crippen LogP contribution in [0.2, 0.25) is 15.1 Å². The van der Waals surface area contributed by atoms with Gasteiger partial charge in [0.2, 0.25) is 10.0 Å². The number of hydrogen-bond acceptors (Lipinski definition) is 6. The Labute approximate surface area is 181 Å². The molecule has 13 heteroatoms. The summed E-state index contributed by atoms with van der Waals surface area (Å²) in [7, 11) is -3.84. The molecule has 0 spiro atoms. The van der Waals surface area contributed by atoms with Crippen molar-refractivity contribution in [1.82, 2.24) is 5.43 Å². The number of benzene rings is 2. The normalized spacial score (nSPS) is 11.4. The molecule has 154 valence electrons. The highest BCUT2D eigenvalue weighted by Crippen LogP contribution is 2.27. The van der Waals surface area contributed by atoms with Gasteiger partial charge in [0.25, 0.3) is 11.6 Å². The summed E-state index contributed by atoms with van der Waals surface area (Å²) < 4.78 is 24.9. The molecule has 0 bridgehead atoms. The number of hydrogen-bond donors (Lipinski definition) is 1. The number of non-ortho nitro benzene ring substituents is 1. The Morgan fingerprint density at radius 1 is 1.21 bits per heavy atom. The average Bonchev–Trinajstić information content (AvgIpc) is 2.59. The predicted molar refractivity (Wildman–Crippen MR) is 112 cm³/mol. The lowest BCUT2D eigenvalue weighted by molar-refractivity contribution is -0.384. The van der Waals surface area contributed by atoms with E-state index < -0.39 is 27.4 Å². The third-order valence-electron chi connectivity index (χ3n) is 3.41. The number of nitro benzene ring substituents is 1. The van der Waals surface area contributed by atoms with Gasteiger partial charge in [-0.05, 0) is 24.3 Å². The quantitative estimate of drug-likeness (QED) is 0.370. The van der Waals surface area contributed by atoms with Crippen molar-refractivity contribution in [1.29, 1.82) is 0 Å². The molecule has 0 saturated heterocycles. The summed E-state index contributed by atoms with van der Waals surface area (Å²) in [5.41, 5.74) is 2.23. The maximum atomic E-state index is 12.2. The van der Waals surface area contributed by atoms with E-state index in [0.29, 0.717) is 0 Å². The van der Waals surface area contributed by atoms with Crippen molar-refractivity contribution in [2.75, 3.05) is 17.1 Å². The van der Waals surface area contributed by atoms with E-state index in [1.807, 2.05) is 0 Å². The van der Waals surface area contributed by atoms with E-state index in [-0.39, 0.29) is 32.0 Å². The van der Waals surface area contributed by atoms with Crippen LogP contribution < -0.4 is 9.73 Å². The van der Waals surface area contributed by atoms with E-state index in [2.05, 4.69) is 10.5 Å². The maximum Gasteiger partial charge on any atom is 0.270 e. The minimum atomic E-state index is -3.84. The topological polar surface area (TPSA) is 122 Å². The van der Waals surface area contributed by atoms with Gasteiger partial charge in [0.1, 0.15) is 6.54 Å². The summed E-state index contributed by atoms with van der Waals surface area (Å²) in [5, 5.41) is 15.0. The van der Waals surface area contributed by atoms with Gasteiger partial charge in [-0.3, -0.25) is 19.2 Å². The number of anilines is 1.